The van der Waals surface area contributed by atoms with E-state index < -0.39 is 4.92 Å². The second-order valence-electron chi connectivity index (χ2n) is 4.21. The lowest BCUT2D eigenvalue weighted by molar-refractivity contribution is -0.384. The number of nitro groups is 1. The van der Waals surface area contributed by atoms with E-state index in [2.05, 4.69) is 20.8 Å². The molecule has 0 spiro atoms. The first-order valence-electron chi connectivity index (χ1n) is 5.39. The van der Waals surface area contributed by atoms with E-state index in [1.165, 1.54) is 12.1 Å². The van der Waals surface area contributed by atoms with Crippen LogP contribution in [0.2, 0.25) is 0 Å². The first-order valence-corrected chi connectivity index (χ1v) is 6.19. The molecular weight excluding hydrogens is 288 g/mol. The van der Waals surface area contributed by atoms with Crippen LogP contribution in [0.4, 0.5) is 5.69 Å². The lowest BCUT2D eigenvalue weighted by Gasteiger charge is -2.15. The quantitative estimate of drug-likeness (QED) is 0.684. The van der Waals surface area contributed by atoms with Crippen molar-refractivity contribution in [3.63, 3.8) is 0 Å². The standard InChI is InChI=1S/C11H13BrN2O3/c12-11-5-9(14(16)17)2-1-8(11)6-13-4-3-10(15)7-13/h1-2,5,10,15H,3-4,6-7H2/t10-/m1/s1. The van der Waals surface area contributed by atoms with E-state index in [1.54, 1.807) is 6.07 Å². The van der Waals surface area contributed by atoms with Gasteiger partial charge in [0.2, 0.25) is 0 Å². The Morgan fingerprint density at radius 2 is 2.35 bits per heavy atom. The predicted molar refractivity (Wildman–Crippen MR) is 66.7 cm³/mol. The van der Waals surface area contributed by atoms with Crippen molar-refractivity contribution in [2.45, 2.75) is 19.1 Å². The molecule has 1 saturated heterocycles. The third kappa shape index (κ3) is 3.02. The molecule has 1 heterocycles. The molecule has 1 aliphatic heterocycles. The number of rotatable bonds is 3. The molecule has 6 heteroatoms. The van der Waals surface area contributed by atoms with Gasteiger partial charge in [-0.15, -0.1) is 0 Å². The second kappa shape index (κ2) is 5.12. The first-order chi connectivity index (χ1) is 8.06. The number of nitro benzene ring substituents is 1. The van der Waals surface area contributed by atoms with Crippen LogP contribution in [0.1, 0.15) is 12.0 Å². The molecule has 0 aromatic heterocycles. The predicted octanol–water partition coefficient (Wildman–Crippen LogP) is 1.92. The fraction of sp³-hybridized carbons (Fsp3) is 0.455. The van der Waals surface area contributed by atoms with Gasteiger partial charge >= 0.3 is 0 Å². The van der Waals surface area contributed by atoms with Gasteiger partial charge in [-0.25, -0.2) is 0 Å². The summed E-state index contributed by atoms with van der Waals surface area (Å²) in [6.45, 7) is 2.24. The van der Waals surface area contributed by atoms with Crippen molar-refractivity contribution in [2.75, 3.05) is 13.1 Å². The zero-order chi connectivity index (χ0) is 12.4. The van der Waals surface area contributed by atoms with Crippen molar-refractivity contribution in [2.24, 2.45) is 0 Å². The Kier molecular flexibility index (Phi) is 3.76. The van der Waals surface area contributed by atoms with E-state index in [4.69, 9.17) is 0 Å². The summed E-state index contributed by atoms with van der Waals surface area (Å²) in [4.78, 5) is 12.3. The number of benzene rings is 1. The fourth-order valence-corrected chi connectivity index (χ4v) is 2.47. The van der Waals surface area contributed by atoms with Crippen LogP contribution in [-0.2, 0) is 6.54 Å². The highest BCUT2D eigenvalue weighted by molar-refractivity contribution is 9.10. The highest BCUT2D eigenvalue weighted by Gasteiger charge is 2.21. The summed E-state index contributed by atoms with van der Waals surface area (Å²) in [6, 6.07) is 4.78. The maximum absolute atomic E-state index is 10.6. The summed E-state index contributed by atoms with van der Waals surface area (Å²) in [5.74, 6) is 0. The van der Waals surface area contributed by atoms with Gasteiger partial charge in [-0.2, -0.15) is 0 Å². The molecule has 0 bridgehead atoms. The largest absolute Gasteiger partial charge is 0.392 e. The van der Waals surface area contributed by atoms with Crippen LogP contribution in [0.5, 0.6) is 0 Å². The van der Waals surface area contributed by atoms with Crippen molar-refractivity contribution in [1.82, 2.24) is 4.90 Å². The molecular formula is C11H13BrN2O3. The Morgan fingerprint density at radius 1 is 1.59 bits per heavy atom. The molecule has 1 aromatic carbocycles. The fourth-order valence-electron chi connectivity index (χ4n) is 1.97. The van der Waals surface area contributed by atoms with Crippen LogP contribution in [0.3, 0.4) is 0 Å². The summed E-state index contributed by atoms with van der Waals surface area (Å²) >= 11 is 3.34. The molecule has 1 aromatic rings. The number of nitrogens with zero attached hydrogens (tertiary/aromatic N) is 2. The first kappa shape index (κ1) is 12.5. The highest BCUT2D eigenvalue weighted by atomic mass is 79.9. The zero-order valence-electron chi connectivity index (χ0n) is 9.17. The molecule has 0 aliphatic carbocycles. The Labute approximate surface area is 107 Å². The summed E-state index contributed by atoms with van der Waals surface area (Å²) in [6.07, 6.45) is 0.553. The van der Waals surface area contributed by atoms with Crippen molar-refractivity contribution < 1.29 is 10.0 Å². The number of hydrogen-bond donors (Lipinski definition) is 1. The molecule has 1 fully saturated rings. The molecule has 5 nitrogen and oxygen atoms in total. The van der Waals surface area contributed by atoms with E-state index >= 15 is 0 Å². The van der Waals surface area contributed by atoms with E-state index in [0.717, 1.165) is 23.0 Å². The summed E-state index contributed by atoms with van der Waals surface area (Å²) in [5.41, 5.74) is 1.09. The summed E-state index contributed by atoms with van der Waals surface area (Å²) < 4.78 is 0.744. The third-order valence-corrected chi connectivity index (χ3v) is 3.63. The number of likely N-dealkylation sites (tertiary alicyclic amines) is 1. The van der Waals surface area contributed by atoms with Crippen LogP contribution in [0.15, 0.2) is 22.7 Å². The number of non-ortho nitro benzene ring substituents is 1. The van der Waals surface area contributed by atoms with Crippen molar-refractivity contribution in [3.8, 4) is 0 Å². The minimum Gasteiger partial charge on any atom is -0.392 e. The van der Waals surface area contributed by atoms with Crippen LogP contribution in [0.25, 0.3) is 0 Å². The lowest BCUT2D eigenvalue weighted by Crippen LogP contribution is -2.21. The number of hydrogen-bond acceptors (Lipinski definition) is 4. The molecule has 92 valence electrons. The van der Waals surface area contributed by atoms with Crippen LogP contribution in [-0.4, -0.2) is 34.1 Å². The SMILES string of the molecule is O=[N+]([O-])c1ccc(CN2CC[C@@H](O)C2)c(Br)c1. The van der Waals surface area contributed by atoms with Crippen molar-refractivity contribution >= 4 is 21.6 Å². The number of aliphatic hydroxyl groups is 1. The molecule has 0 radical (unpaired) electrons. The summed E-state index contributed by atoms with van der Waals surface area (Å²) in [5, 5.41) is 20.0. The number of β-amino-alcohol motifs (C(OH)–C–C–N with tert-alkyl or cyclic N) is 1. The van der Waals surface area contributed by atoms with E-state index in [0.29, 0.717) is 13.1 Å². The average Bonchev–Trinajstić information content (AvgIpc) is 2.67. The van der Waals surface area contributed by atoms with Crippen LogP contribution < -0.4 is 0 Å². The van der Waals surface area contributed by atoms with Gasteiger partial charge in [0.15, 0.2) is 0 Å². The monoisotopic (exact) mass is 300 g/mol. The maximum atomic E-state index is 10.6. The van der Waals surface area contributed by atoms with Gasteiger partial charge in [-0.1, -0.05) is 15.9 Å². The average molecular weight is 301 g/mol. The minimum atomic E-state index is -0.409. The van der Waals surface area contributed by atoms with Gasteiger partial charge in [0.05, 0.1) is 11.0 Å². The molecule has 17 heavy (non-hydrogen) atoms. The van der Waals surface area contributed by atoms with E-state index in [-0.39, 0.29) is 11.8 Å². The van der Waals surface area contributed by atoms with Crippen LogP contribution >= 0.6 is 15.9 Å². The normalized spacial score (nSPS) is 20.7. The molecule has 1 atom stereocenters. The van der Waals surface area contributed by atoms with Crippen molar-refractivity contribution in [1.29, 1.82) is 0 Å². The topological polar surface area (TPSA) is 66.6 Å². The smallest absolute Gasteiger partial charge is 0.270 e. The van der Waals surface area contributed by atoms with Gasteiger partial charge in [-0.3, -0.25) is 15.0 Å². The molecule has 0 saturated carbocycles. The molecule has 0 amide bonds. The Hall–Kier alpha value is -0.980. The molecule has 0 unspecified atom stereocenters. The number of halogens is 1. The third-order valence-electron chi connectivity index (χ3n) is 2.89. The Bertz CT molecular complexity index is 439. The van der Waals surface area contributed by atoms with Gasteiger partial charge in [0.25, 0.3) is 5.69 Å². The summed E-state index contributed by atoms with van der Waals surface area (Å²) in [7, 11) is 0. The van der Waals surface area contributed by atoms with Gasteiger partial charge in [0.1, 0.15) is 0 Å². The zero-order valence-corrected chi connectivity index (χ0v) is 10.8. The molecule has 2 rings (SSSR count). The van der Waals surface area contributed by atoms with Crippen LogP contribution in [0, 0.1) is 10.1 Å². The Morgan fingerprint density at radius 3 is 2.88 bits per heavy atom. The van der Waals surface area contributed by atoms with E-state index in [9.17, 15) is 15.2 Å². The molecule has 1 aliphatic rings. The maximum Gasteiger partial charge on any atom is 0.270 e. The minimum absolute atomic E-state index is 0.0853. The van der Waals surface area contributed by atoms with E-state index in [1.807, 2.05) is 0 Å². The highest BCUT2D eigenvalue weighted by Crippen LogP contribution is 2.25. The number of aliphatic hydroxyl groups excluding tert-OH is 1. The van der Waals surface area contributed by atoms with Gasteiger partial charge < -0.3 is 5.11 Å². The molecule has 1 N–H and O–H groups in total. The van der Waals surface area contributed by atoms with Gasteiger partial charge in [-0.05, 0) is 18.1 Å². The Balaban J connectivity index is 2.09. The van der Waals surface area contributed by atoms with Crippen molar-refractivity contribution in [3.05, 3.63) is 38.3 Å². The van der Waals surface area contributed by atoms with Gasteiger partial charge in [0, 0.05) is 36.2 Å². The lowest BCUT2D eigenvalue weighted by atomic mass is 10.2. The second-order valence-corrected chi connectivity index (χ2v) is 5.06.